The monoisotopic (exact) mass is 394 g/mol. The Morgan fingerprint density at radius 3 is 2.39 bits per heavy atom. The van der Waals surface area contributed by atoms with Crippen LogP contribution in [0.1, 0.15) is 39.3 Å². The predicted octanol–water partition coefficient (Wildman–Crippen LogP) is 4.85. The van der Waals surface area contributed by atoms with Crippen LogP contribution in [0.3, 0.4) is 0 Å². The second-order valence-corrected chi connectivity index (χ2v) is 8.37. The van der Waals surface area contributed by atoms with Gasteiger partial charge in [0.25, 0.3) is 0 Å². The number of nitrogens with one attached hydrogen (secondary N) is 1. The minimum atomic E-state index is -4.53. The fourth-order valence-electron chi connectivity index (χ4n) is 3.29. The summed E-state index contributed by atoms with van der Waals surface area (Å²) in [6.45, 7) is 7.83. The van der Waals surface area contributed by atoms with Crippen molar-refractivity contribution in [3.8, 4) is 5.75 Å². The summed E-state index contributed by atoms with van der Waals surface area (Å²) in [5.74, 6) is 0.559. The third-order valence-corrected chi connectivity index (χ3v) is 4.78. The molecule has 28 heavy (non-hydrogen) atoms. The number of alkyl halides is 3. The molecule has 1 atom stereocenters. The van der Waals surface area contributed by atoms with E-state index in [0.717, 1.165) is 10.4 Å². The van der Waals surface area contributed by atoms with Crippen LogP contribution in [0.15, 0.2) is 36.4 Å². The van der Waals surface area contributed by atoms with Crippen LogP contribution in [0.4, 0.5) is 13.2 Å². The molecule has 0 unspecified atom stereocenters. The van der Waals surface area contributed by atoms with E-state index in [0.29, 0.717) is 23.7 Å². The molecule has 3 rings (SSSR count). The number of carbonyl (C=O) groups is 1. The van der Waals surface area contributed by atoms with Gasteiger partial charge < -0.3 is 4.74 Å². The van der Waals surface area contributed by atoms with Gasteiger partial charge in [-0.25, -0.2) is 5.01 Å². The number of rotatable bonds is 5. The molecule has 0 bridgehead atoms. The average Bonchev–Trinajstić information content (AvgIpc) is 2.83. The number of amides is 1. The Hall–Kier alpha value is -2.28. The van der Waals surface area contributed by atoms with Crippen molar-refractivity contribution < 1.29 is 22.7 Å². The first-order valence-electron chi connectivity index (χ1n) is 9.28. The standard InChI is InChI=1S/C21H25F3N2O2/c1-13(2)11-28-17-8-7-14-5-6-15(9-16(14)10-17)18(21(22,23)24)26-12-20(3,4)19(27)25-26/h5-10,13,18H,11-12H2,1-4H3,(H,25,27)/t18-/m0/s1. The van der Waals surface area contributed by atoms with Crippen LogP contribution >= 0.6 is 0 Å². The summed E-state index contributed by atoms with van der Waals surface area (Å²) < 4.78 is 47.4. The highest BCUT2D eigenvalue weighted by atomic mass is 19.4. The molecule has 1 aliphatic rings. The highest BCUT2D eigenvalue weighted by molar-refractivity contribution is 5.85. The van der Waals surface area contributed by atoms with Crippen molar-refractivity contribution in [2.75, 3.05) is 13.2 Å². The van der Waals surface area contributed by atoms with E-state index in [9.17, 15) is 18.0 Å². The van der Waals surface area contributed by atoms with Crippen molar-refractivity contribution in [2.24, 2.45) is 11.3 Å². The number of fused-ring (bicyclic) bond motifs is 1. The SMILES string of the molecule is CC(C)COc1ccc2ccc([C@H](N3CC(C)(C)C(=O)N3)C(F)(F)F)cc2c1. The quantitative estimate of drug-likeness (QED) is 0.788. The summed E-state index contributed by atoms with van der Waals surface area (Å²) in [6.07, 6.45) is -4.53. The fraction of sp³-hybridized carbons (Fsp3) is 0.476. The van der Waals surface area contributed by atoms with Gasteiger partial charge in [-0.15, -0.1) is 0 Å². The van der Waals surface area contributed by atoms with Crippen LogP contribution in [0.25, 0.3) is 10.8 Å². The lowest BCUT2D eigenvalue weighted by atomic mass is 9.93. The summed E-state index contributed by atoms with van der Waals surface area (Å²) >= 11 is 0. The maximum absolute atomic E-state index is 13.9. The third-order valence-electron chi connectivity index (χ3n) is 4.78. The molecule has 1 fully saturated rings. The largest absolute Gasteiger partial charge is 0.493 e. The van der Waals surface area contributed by atoms with E-state index in [1.54, 1.807) is 26.0 Å². The van der Waals surface area contributed by atoms with Crippen LogP contribution in [0.2, 0.25) is 0 Å². The summed E-state index contributed by atoms with van der Waals surface area (Å²) in [4.78, 5) is 12.0. The molecule has 0 aromatic heterocycles. The molecule has 2 aromatic rings. The van der Waals surface area contributed by atoms with Crippen molar-refractivity contribution in [3.05, 3.63) is 42.0 Å². The Balaban J connectivity index is 1.97. The number of nitrogens with zero attached hydrogens (tertiary/aromatic N) is 1. The van der Waals surface area contributed by atoms with E-state index in [2.05, 4.69) is 5.43 Å². The van der Waals surface area contributed by atoms with Crippen LogP contribution in [-0.4, -0.2) is 30.2 Å². The van der Waals surface area contributed by atoms with E-state index in [-0.39, 0.29) is 12.1 Å². The average molecular weight is 394 g/mol. The van der Waals surface area contributed by atoms with Gasteiger partial charge >= 0.3 is 6.18 Å². The Labute approximate surface area is 162 Å². The number of hydrogen-bond acceptors (Lipinski definition) is 3. The maximum atomic E-state index is 13.9. The Kier molecular flexibility index (Phi) is 5.32. The van der Waals surface area contributed by atoms with Gasteiger partial charge in [-0.3, -0.25) is 10.2 Å². The second kappa shape index (κ2) is 7.28. The smallest absolute Gasteiger partial charge is 0.409 e. The summed E-state index contributed by atoms with van der Waals surface area (Å²) in [6, 6.07) is 8.13. The van der Waals surface area contributed by atoms with Gasteiger partial charge in [0, 0.05) is 6.54 Å². The molecule has 0 spiro atoms. The van der Waals surface area contributed by atoms with E-state index in [4.69, 9.17) is 4.74 Å². The van der Waals surface area contributed by atoms with Gasteiger partial charge in [0.15, 0.2) is 0 Å². The van der Waals surface area contributed by atoms with Crippen LogP contribution in [0, 0.1) is 11.3 Å². The molecule has 0 radical (unpaired) electrons. The first-order valence-corrected chi connectivity index (χ1v) is 9.28. The van der Waals surface area contributed by atoms with Gasteiger partial charge in [-0.05, 0) is 54.3 Å². The Morgan fingerprint density at radius 1 is 1.14 bits per heavy atom. The van der Waals surface area contributed by atoms with Crippen molar-refractivity contribution in [1.29, 1.82) is 0 Å². The molecular weight excluding hydrogens is 369 g/mol. The zero-order valence-electron chi connectivity index (χ0n) is 16.4. The second-order valence-electron chi connectivity index (χ2n) is 8.37. The van der Waals surface area contributed by atoms with Gasteiger partial charge in [0.2, 0.25) is 5.91 Å². The first-order chi connectivity index (χ1) is 13.0. The predicted molar refractivity (Wildman–Crippen MR) is 102 cm³/mol. The zero-order valence-corrected chi connectivity index (χ0v) is 16.4. The van der Waals surface area contributed by atoms with Crippen molar-refractivity contribution >= 4 is 16.7 Å². The molecular formula is C21H25F3N2O2. The van der Waals surface area contributed by atoms with Crippen molar-refractivity contribution in [2.45, 2.75) is 39.9 Å². The maximum Gasteiger partial charge on any atom is 0.409 e. The van der Waals surface area contributed by atoms with Gasteiger partial charge in [0.1, 0.15) is 11.8 Å². The molecule has 7 heteroatoms. The van der Waals surface area contributed by atoms with Crippen LogP contribution in [-0.2, 0) is 4.79 Å². The number of benzene rings is 2. The van der Waals surface area contributed by atoms with E-state index >= 15 is 0 Å². The molecule has 1 heterocycles. The first kappa shape index (κ1) is 20.5. The lowest BCUT2D eigenvalue weighted by molar-refractivity contribution is -0.191. The van der Waals surface area contributed by atoms with Gasteiger partial charge in [-0.2, -0.15) is 13.2 Å². The van der Waals surface area contributed by atoms with Crippen molar-refractivity contribution in [1.82, 2.24) is 10.4 Å². The van der Waals surface area contributed by atoms with E-state index in [1.165, 1.54) is 12.1 Å². The summed E-state index contributed by atoms with van der Waals surface area (Å²) in [5, 5.41) is 2.48. The molecule has 1 saturated heterocycles. The normalized spacial score (nSPS) is 18.5. The Bertz CT molecular complexity index is 878. The minimum absolute atomic E-state index is 0.0222. The molecule has 1 amide bonds. The molecule has 1 N–H and O–H groups in total. The molecule has 0 saturated carbocycles. The topological polar surface area (TPSA) is 41.6 Å². The van der Waals surface area contributed by atoms with E-state index in [1.807, 2.05) is 26.0 Å². The van der Waals surface area contributed by atoms with E-state index < -0.39 is 23.5 Å². The lowest BCUT2D eigenvalue weighted by Gasteiger charge is -2.30. The molecule has 2 aromatic carbocycles. The molecule has 0 aliphatic carbocycles. The number of carbonyl (C=O) groups excluding carboxylic acids is 1. The number of hydrazine groups is 1. The highest BCUT2D eigenvalue weighted by Gasteiger charge is 2.51. The third kappa shape index (κ3) is 4.24. The zero-order chi connectivity index (χ0) is 20.7. The number of halogens is 3. The van der Waals surface area contributed by atoms with Crippen molar-refractivity contribution in [3.63, 3.8) is 0 Å². The number of hydrogen-bond donors (Lipinski definition) is 1. The van der Waals surface area contributed by atoms with Gasteiger partial charge in [-0.1, -0.05) is 32.0 Å². The molecule has 152 valence electrons. The fourth-order valence-corrected chi connectivity index (χ4v) is 3.29. The summed E-state index contributed by atoms with van der Waals surface area (Å²) in [7, 11) is 0. The lowest BCUT2D eigenvalue weighted by Crippen LogP contribution is -2.43. The van der Waals surface area contributed by atoms with Crippen LogP contribution < -0.4 is 10.2 Å². The number of ether oxygens (including phenoxy) is 1. The van der Waals surface area contributed by atoms with Gasteiger partial charge in [0.05, 0.1) is 12.0 Å². The Morgan fingerprint density at radius 2 is 1.82 bits per heavy atom. The van der Waals surface area contributed by atoms with Crippen LogP contribution in [0.5, 0.6) is 5.75 Å². The summed E-state index contributed by atoms with van der Waals surface area (Å²) in [5.41, 5.74) is 1.60. The molecule has 1 aliphatic heterocycles. The minimum Gasteiger partial charge on any atom is -0.493 e. The molecule has 4 nitrogen and oxygen atoms in total. The highest BCUT2D eigenvalue weighted by Crippen LogP contribution is 2.41.